The number of carbonyl (C=O) groups is 1. The van der Waals surface area contributed by atoms with Crippen LogP contribution in [0.15, 0.2) is 48.5 Å². The Morgan fingerprint density at radius 1 is 1.17 bits per heavy atom. The van der Waals surface area contributed by atoms with Crippen molar-refractivity contribution in [3.8, 4) is 16.9 Å². The van der Waals surface area contributed by atoms with E-state index in [0.717, 1.165) is 17.5 Å². The summed E-state index contributed by atoms with van der Waals surface area (Å²) in [6, 6.07) is 14.0. The highest BCUT2D eigenvalue weighted by Gasteiger charge is 2.26. The Bertz CT molecular complexity index is 697. The van der Waals surface area contributed by atoms with Gasteiger partial charge >= 0.3 is 5.97 Å². The van der Waals surface area contributed by atoms with Crippen LogP contribution in [0.2, 0.25) is 0 Å². The van der Waals surface area contributed by atoms with E-state index in [1.165, 1.54) is 0 Å². The average Bonchev–Trinajstić information content (AvgIpc) is 2.57. The molecule has 0 bridgehead atoms. The fourth-order valence-corrected chi connectivity index (χ4v) is 2.60. The minimum atomic E-state index is -0.976. The van der Waals surface area contributed by atoms with E-state index in [0.29, 0.717) is 18.8 Å². The summed E-state index contributed by atoms with van der Waals surface area (Å²) in [6.45, 7) is 0.554. The van der Waals surface area contributed by atoms with Crippen molar-refractivity contribution in [2.75, 3.05) is 6.61 Å². The predicted octanol–water partition coefficient (Wildman–Crippen LogP) is 2.93. The summed E-state index contributed by atoms with van der Waals surface area (Å²) in [7, 11) is 0. The Hall–Kier alpha value is -2.37. The molecule has 1 heterocycles. The van der Waals surface area contributed by atoms with E-state index in [-0.39, 0.29) is 5.56 Å². The molecule has 0 radical (unpaired) electrons. The lowest BCUT2D eigenvalue weighted by Crippen LogP contribution is -2.38. The first-order valence-electron chi connectivity index (χ1n) is 7.54. The molecule has 23 heavy (non-hydrogen) atoms. The standard InChI is InChI=1S/C18H18O5/c19-15-8-4-10-22-18(15)23-16-9-2-1-7-14(16)12-5-3-6-13(11-12)17(20)21/h1-3,5-7,9,11,15,18-19H,4,8,10H2,(H,20,21). The van der Waals surface area contributed by atoms with Crippen molar-refractivity contribution in [3.05, 3.63) is 54.1 Å². The largest absolute Gasteiger partial charge is 0.478 e. The molecule has 2 N–H and O–H groups in total. The Balaban J connectivity index is 1.91. The first kappa shape index (κ1) is 15.5. The Kier molecular flexibility index (Phi) is 4.60. The number of ether oxygens (including phenoxy) is 2. The lowest BCUT2D eigenvalue weighted by Gasteiger charge is -2.29. The van der Waals surface area contributed by atoms with Crippen LogP contribution in [0.5, 0.6) is 5.75 Å². The highest BCUT2D eigenvalue weighted by atomic mass is 16.7. The summed E-state index contributed by atoms with van der Waals surface area (Å²) in [5.41, 5.74) is 1.72. The number of carboxylic acid groups (broad SMARTS) is 1. The molecule has 0 saturated carbocycles. The third-order valence-electron chi connectivity index (χ3n) is 3.79. The van der Waals surface area contributed by atoms with Crippen molar-refractivity contribution in [1.82, 2.24) is 0 Å². The van der Waals surface area contributed by atoms with Crippen molar-refractivity contribution >= 4 is 5.97 Å². The van der Waals surface area contributed by atoms with Gasteiger partial charge in [0.25, 0.3) is 0 Å². The molecule has 0 aliphatic carbocycles. The molecule has 5 nitrogen and oxygen atoms in total. The van der Waals surface area contributed by atoms with Crippen molar-refractivity contribution in [1.29, 1.82) is 0 Å². The predicted molar refractivity (Wildman–Crippen MR) is 84.4 cm³/mol. The molecule has 1 aliphatic heterocycles. The van der Waals surface area contributed by atoms with E-state index in [1.54, 1.807) is 24.3 Å². The van der Waals surface area contributed by atoms with Crippen LogP contribution in [0, 0.1) is 0 Å². The fourth-order valence-electron chi connectivity index (χ4n) is 2.60. The maximum Gasteiger partial charge on any atom is 0.335 e. The molecule has 0 spiro atoms. The van der Waals surface area contributed by atoms with Gasteiger partial charge in [-0.1, -0.05) is 30.3 Å². The van der Waals surface area contributed by atoms with Gasteiger partial charge < -0.3 is 19.7 Å². The van der Waals surface area contributed by atoms with Gasteiger partial charge in [-0.25, -0.2) is 4.79 Å². The SMILES string of the molecule is O=C(O)c1cccc(-c2ccccc2OC2OCCCC2O)c1. The van der Waals surface area contributed by atoms with Gasteiger partial charge in [-0.15, -0.1) is 0 Å². The molecule has 1 fully saturated rings. The molecular weight excluding hydrogens is 296 g/mol. The lowest BCUT2D eigenvalue weighted by molar-refractivity contribution is -0.169. The van der Waals surface area contributed by atoms with Gasteiger partial charge in [-0.05, 0) is 36.6 Å². The number of aromatic carboxylic acids is 1. The number of aliphatic hydroxyl groups excluding tert-OH is 1. The summed E-state index contributed by atoms with van der Waals surface area (Å²) < 4.78 is 11.3. The molecule has 2 aromatic rings. The molecule has 0 amide bonds. The van der Waals surface area contributed by atoms with Crippen LogP contribution in [0.3, 0.4) is 0 Å². The zero-order chi connectivity index (χ0) is 16.2. The second-order valence-corrected chi connectivity index (χ2v) is 5.45. The first-order valence-corrected chi connectivity index (χ1v) is 7.54. The van der Waals surface area contributed by atoms with Crippen molar-refractivity contribution in [2.45, 2.75) is 25.2 Å². The molecule has 120 valence electrons. The smallest absolute Gasteiger partial charge is 0.335 e. The molecule has 0 aromatic heterocycles. The van der Waals surface area contributed by atoms with Gasteiger partial charge in [0.15, 0.2) is 0 Å². The fraction of sp³-hybridized carbons (Fsp3) is 0.278. The molecule has 2 atom stereocenters. The van der Waals surface area contributed by atoms with Gasteiger partial charge in [0, 0.05) is 5.56 Å². The number of hydrogen-bond donors (Lipinski definition) is 2. The number of hydrogen-bond acceptors (Lipinski definition) is 4. The molecule has 2 unspecified atom stereocenters. The summed E-state index contributed by atoms with van der Waals surface area (Å²) >= 11 is 0. The van der Waals surface area contributed by atoms with E-state index >= 15 is 0 Å². The highest BCUT2D eigenvalue weighted by Crippen LogP contribution is 2.32. The van der Waals surface area contributed by atoms with Gasteiger partial charge in [-0.2, -0.15) is 0 Å². The molecule has 2 aromatic carbocycles. The van der Waals surface area contributed by atoms with Crippen molar-refractivity contribution < 1.29 is 24.5 Å². The quantitative estimate of drug-likeness (QED) is 0.907. The monoisotopic (exact) mass is 314 g/mol. The third kappa shape index (κ3) is 3.52. The van der Waals surface area contributed by atoms with Crippen LogP contribution < -0.4 is 4.74 Å². The summed E-state index contributed by atoms with van der Waals surface area (Å²) in [5.74, 6) is -0.419. The van der Waals surface area contributed by atoms with Crippen LogP contribution in [0.1, 0.15) is 23.2 Å². The number of benzene rings is 2. The molecule has 1 aliphatic rings. The van der Waals surface area contributed by atoms with Gasteiger partial charge in [0.1, 0.15) is 11.9 Å². The Morgan fingerprint density at radius 3 is 2.78 bits per heavy atom. The van der Waals surface area contributed by atoms with Gasteiger partial charge in [0.2, 0.25) is 6.29 Å². The van der Waals surface area contributed by atoms with Crippen LogP contribution in [-0.4, -0.2) is 35.2 Å². The summed E-state index contributed by atoms with van der Waals surface area (Å²) in [6.07, 6.45) is 0.0831. The first-order chi connectivity index (χ1) is 11.1. The van der Waals surface area contributed by atoms with E-state index in [4.69, 9.17) is 14.6 Å². The lowest BCUT2D eigenvalue weighted by atomic mass is 10.0. The number of carboxylic acids is 1. The molecule has 1 saturated heterocycles. The zero-order valence-electron chi connectivity index (χ0n) is 12.5. The normalized spacial score (nSPS) is 20.9. The van der Waals surface area contributed by atoms with E-state index in [2.05, 4.69) is 0 Å². The van der Waals surface area contributed by atoms with E-state index in [1.807, 2.05) is 24.3 Å². The minimum Gasteiger partial charge on any atom is -0.478 e. The minimum absolute atomic E-state index is 0.214. The van der Waals surface area contributed by atoms with Gasteiger partial charge in [0.05, 0.1) is 12.2 Å². The molecular formula is C18H18O5. The third-order valence-corrected chi connectivity index (χ3v) is 3.79. The maximum absolute atomic E-state index is 11.1. The maximum atomic E-state index is 11.1. The van der Waals surface area contributed by atoms with Crippen LogP contribution >= 0.6 is 0 Å². The number of para-hydroxylation sites is 1. The van der Waals surface area contributed by atoms with Crippen molar-refractivity contribution in [2.24, 2.45) is 0 Å². The number of rotatable bonds is 4. The Morgan fingerprint density at radius 2 is 2.00 bits per heavy atom. The Labute approximate surface area is 134 Å². The van der Waals surface area contributed by atoms with Crippen LogP contribution in [-0.2, 0) is 4.74 Å². The summed E-state index contributed by atoms with van der Waals surface area (Å²) in [4.78, 5) is 11.1. The zero-order valence-corrected chi connectivity index (χ0v) is 12.5. The second-order valence-electron chi connectivity index (χ2n) is 5.45. The molecule has 3 rings (SSSR count). The van der Waals surface area contributed by atoms with Crippen molar-refractivity contribution in [3.63, 3.8) is 0 Å². The van der Waals surface area contributed by atoms with Gasteiger partial charge in [-0.3, -0.25) is 0 Å². The summed E-state index contributed by atoms with van der Waals surface area (Å²) in [5, 5.41) is 19.1. The topological polar surface area (TPSA) is 76.0 Å². The second kappa shape index (κ2) is 6.81. The highest BCUT2D eigenvalue weighted by molar-refractivity contribution is 5.89. The van der Waals surface area contributed by atoms with E-state index < -0.39 is 18.4 Å². The van der Waals surface area contributed by atoms with E-state index in [9.17, 15) is 9.90 Å². The van der Waals surface area contributed by atoms with Crippen LogP contribution in [0.25, 0.3) is 11.1 Å². The number of aliphatic hydroxyl groups is 1. The average molecular weight is 314 g/mol. The molecule has 5 heteroatoms. The van der Waals surface area contributed by atoms with Crippen LogP contribution in [0.4, 0.5) is 0 Å².